The van der Waals surface area contributed by atoms with Gasteiger partial charge in [-0.25, -0.2) is 4.39 Å². The van der Waals surface area contributed by atoms with Crippen LogP contribution in [0.4, 0.5) is 4.39 Å². The number of halogens is 1. The summed E-state index contributed by atoms with van der Waals surface area (Å²) >= 11 is 0. The van der Waals surface area contributed by atoms with E-state index in [0.717, 1.165) is 24.9 Å². The van der Waals surface area contributed by atoms with E-state index in [1.165, 1.54) is 50.9 Å². The van der Waals surface area contributed by atoms with Gasteiger partial charge in [-0.3, -0.25) is 4.98 Å². The molecule has 3 nitrogen and oxygen atoms in total. The van der Waals surface area contributed by atoms with Gasteiger partial charge in [0.1, 0.15) is 5.82 Å². The van der Waals surface area contributed by atoms with E-state index in [1.54, 1.807) is 6.07 Å². The highest BCUT2D eigenvalue weighted by molar-refractivity contribution is 5.08. The minimum atomic E-state index is -0.588. The predicted molar refractivity (Wildman–Crippen MR) is 80.3 cm³/mol. The van der Waals surface area contributed by atoms with Gasteiger partial charge >= 0.3 is 0 Å². The van der Waals surface area contributed by atoms with Crippen LogP contribution in [0.3, 0.4) is 0 Å². The maximum atomic E-state index is 12.8. The Labute approximate surface area is 126 Å². The van der Waals surface area contributed by atoms with Crippen LogP contribution in [0.25, 0.3) is 0 Å². The summed E-state index contributed by atoms with van der Waals surface area (Å²) in [6.07, 6.45) is 8.17. The van der Waals surface area contributed by atoms with Gasteiger partial charge in [-0.15, -0.1) is 0 Å². The van der Waals surface area contributed by atoms with Crippen molar-refractivity contribution < 1.29 is 9.50 Å². The Bertz CT molecular complexity index is 451. The Kier molecular flexibility index (Phi) is 4.86. The molecule has 3 unspecified atom stereocenters. The molecule has 0 aromatic carbocycles. The van der Waals surface area contributed by atoms with E-state index < -0.39 is 6.10 Å². The van der Waals surface area contributed by atoms with Crippen LogP contribution < -0.4 is 0 Å². The van der Waals surface area contributed by atoms with Crippen molar-refractivity contribution in [2.24, 2.45) is 11.8 Å². The van der Waals surface area contributed by atoms with Crippen LogP contribution in [0.1, 0.15) is 50.3 Å². The second kappa shape index (κ2) is 6.84. The van der Waals surface area contributed by atoms with Crippen molar-refractivity contribution in [1.82, 2.24) is 9.88 Å². The minimum Gasteiger partial charge on any atom is -0.387 e. The highest BCUT2D eigenvalue weighted by atomic mass is 19.1. The van der Waals surface area contributed by atoms with Crippen molar-refractivity contribution in [1.29, 1.82) is 0 Å². The van der Waals surface area contributed by atoms with Gasteiger partial charge in [0.2, 0.25) is 0 Å². The van der Waals surface area contributed by atoms with Crippen LogP contribution in [0.5, 0.6) is 0 Å². The van der Waals surface area contributed by atoms with Crippen LogP contribution in [-0.4, -0.2) is 34.6 Å². The monoisotopic (exact) mass is 292 g/mol. The zero-order valence-corrected chi connectivity index (χ0v) is 12.5. The molecule has 1 aliphatic carbocycles. The largest absolute Gasteiger partial charge is 0.387 e. The summed E-state index contributed by atoms with van der Waals surface area (Å²) in [5, 5.41) is 10.2. The quantitative estimate of drug-likeness (QED) is 0.926. The molecule has 4 heteroatoms. The van der Waals surface area contributed by atoms with Crippen molar-refractivity contribution in [2.45, 2.75) is 44.6 Å². The van der Waals surface area contributed by atoms with Crippen LogP contribution in [0, 0.1) is 17.7 Å². The summed E-state index contributed by atoms with van der Waals surface area (Å²) < 4.78 is 12.8. The SMILES string of the molecule is OC(CCN1CCC2CCCCC2C1)c1ccc(F)cn1. The first-order valence-electron chi connectivity index (χ1n) is 8.24. The molecule has 0 radical (unpaired) electrons. The molecule has 1 aliphatic heterocycles. The second-order valence-electron chi connectivity index (χ2n) is 6.60. The first kappa shape index (κ1) is 14.9. The van der Waals surface area contributed by atoms with Crippen molar-refractivity contribution in [3.05, 3.63) is 29.8 Å². The summed E-state index contributed by atoms with van der Waals surface area (Å²) in [7, 11) is 0. The lowest BCUT2D eigenvalue weighted by molar-refractivity contribution is 0.0697. The normalized spacial score (nSPS) is 28.1. The van der Waals surface area contributed by atoms with Gasteiger partial charge in [-0.1, -0.05) is 19.3 Å². The number of aliphatic hydroxyl groups excluding tert-OH is 1. The molecule has 3 rings (SSSR count). The van der Waals surface area contributed by atoms with Gasteiger partial charge in [0.25, 0.3) is 0 Å². The summed E-state index contributed by atoms with van der Waals surface area (Å²) in [5.74, 6) is 1.46. The van der Waals surface area contributed by atoms with E-state index in [1.807, 2.05) is 0 Å². The van der Waals surface area contributed by atoms with Gasteiger partial charge in [0.05, 0.1) is 18.0 Å². The lowest BCUT2D eigenvalue weighted by atomic mass is 9.75. The molecule has 2 fully saturated rings. The molecule has 0 amide bonds. The molecule has 2 heterocycles. The summed E-state index contributed by atoms with van der Waals surface area (Å²) in [6, 6.07) is 2.94. The van der Waals surface area contributed by atoms with Crippen LogP contribution >= 0.6 is 0 Å². The van der Waals surface area contributed by atoms with Gasteiger partial charge in [-0.05, 0) is 49.8 Å². The van der Waals surface area contributed by atoms with Crippen molar-refractivity contribution in [3.63, 3.8) is 0 Å². The number of nitrogens with zero attached hydrogens (tertiary/aromatic N) is 2. The Hall–Kier alpha value is -1.00. The zero-order chi connectivity index (χ0) is 14.7. The van der Waals surface area contributed by atoms with Crippen LogP contribution in [0.15, 0.2) is 18.3 Å². The molecule has 2 aliphatic rings. The number of hydrogen-bond acceptors (Lipinski definition) is 3. The number of aliphatic hydroxyl groups is 1. The number of rotatable bonds is 4. The standard InChI is InChI=1S/C17H25FN2O/c18-15-5-6-16(19-11-15)17(21)8-10-20-9-7-13-3-1-2-4-14(13)12-20/h5-6,11,13-14,17,21H,1-4,7-10,12H2. The average Bonchev–Trinajstić information content (AvgIpc) is 2.53. The summed E-state index contributed by atoms with van der Waals surface area (Å²) in [4.78, 5) is 6.45. The van der Waals surface area contributed by atoms with E-state index in [4.69, 9.17) is 0 Å². The number of aromatic nitrogens is 1. The number of hydrogen-bond donors (Lipinski definition) is 1. The van der Waals surface area contributed by atoms with Crippen molar-refractivity contribution >= 4 is 0 Å². The topological polar surface area (TPSA) is 36.4 Å². The molecule has 3 atom stereocenters. The Balaban J connectivity index is 1.47. The molecule has 1 N–H and O–H groups in total. The third-order valence-electron chi connectivity index (χ3n) is 5.19. The molecule has 0 spiro atoms. The van der Waals surface area contributed by atoms with Crippen LogP contribution in [0.2, 0.25) is 0 Å². The molecule has 21 heavy (non-hydrogen) atoms. The number of fused-ring (bicyclic) bond motifs is 1. The Morgan fingerprint density at radius 1 is 1.24 bits per heavy atom. The number of piperidine rings is 1. The highest BCUT2D eigenvalue weighted by Gasteiger charge is 2.30. The van der Waals surface area contributed by atoms with E-state index in [9.17, 15) is 9.50 Å². The molecule has 116 valence electrons. The van der Waals surface area contributed by atoms with Crippen molar-refractivity contribution in [2.75, 3.05) is 19.6 Å². The maximum Gasteiger partial charge on any atom is 0.141 e. The van der Waals surface area contributed by atoms with E-state index in [-0.39, 0.29) is 5.82 Å². The highest BCUT2D eigenvalue weighted by Crippen LogP contribution is 2.36. The lowest BCUT2D eigenvalue weighted by Crippen LogP contribution is -2.42. The fourth-order valence-corrected chi connectivity index (χ4v) is 3.92. The van der Waals surface area contributed by atoms with E-state index in [0.29, 0.717) is 12.1 Å². The van der Waals surface area contributed by atoms with Gasteiger partial charge in [0, 0.05) is 13.1 Å². The molecule has 0 bridgehead atoms. The smallest absolute Gasteiger partial charge is 0.141 e. The average molecular weight is 292 g/mol. The number of pyridine rings is 1. The van der Waals surface area contributed by atoms with E-state index >= 15 is 0 Å². The third-order valence-corrected chi connectivity index (χ3v) is 5.19. The molecule has 1 saturated carbocycles. The zero-order valence-electron chi connectivity index (χ0n) is 12.5. The maximum absolute atomic E-state index is 12.8. The van der Waals surface area contributed by atoms with Crippen LogP contribution in [-0.2, 0) is 0 Å². The van der Waals surface area contributed by atoms with E-state index in [2.05, 4.69) is 9.88 Å². The fourth-order valence-electron chi connectivity index (χ4n) is 3.92. The molecule has 1 saturated heterocycles. The van der Waals surface area contributed by atoms with Gasteiger partial charge in [-0.2, -0.15) is 0 Å². The molecule has 1 aromatic rings. The number of likely N-dealkylation sites (tertiary alicyclic amines) is 1. The van der Waals surface area contributed by atoms with Crippen molar-refractivity contribution in [3.8, 4) is 0 Å². The summed E-state index contributed by atoms with van der Waals surface area (Å²) in [5.41, 5.74) is 0.573. The third kappa shape index (κ3) is 3.80. The first-order valence-corrected chi connectivity index (χ1v) is 8.24. The predicted octanol–water partition coefficient (Wildman–Crippen LogP) is 3.16. The Morgan fingerprint density at radius 2 is 2.05 bits per heavy atom. The molecular formula is C17H25FN2O. The molecular weight excluding hydrogens is 267 g/mol. The molecule has 1 aromatic heterocycles. The van der Waals surface area contributed by atoms with Gasteiger partial charge < -0.3 is 10.0 Å². The Morgan fingerprint density at radius 3 is 2.81 bits per heavy atom. The lowest BCUT2D eigenvalue weighted by Gasteiger charge is -2.41. The van der Waals surface area contributed by atoms with Gasteiger partial charge in [0.15, 0.2) is 0 Å². The first-order chi connectivity index (χ1) is 10.2. The second-order valence-corrected chi connectivity index (χ2v) is 6.60. The fraction of sp³-hybridized carbons (Fsp3) is 0.706. The summed E-state index contributed by atoms with van der Waals surface area (Å²) in [6.45, 7) is 3.25. The minimum absolute atomic E-state index is 0.356.